The predicted molar refractivity (Wildman–Crippen MR) is 82.2 cm³/mol. The van der Waals surface area contributed by atoms with E-state index in [2.05, 4.69) is 10.4 Å². The minimum atomic E-state index is 0.123. The van der Waals surface area contributed by atoms with Crippen molar-refractivity contribution in [1.29, 1.82) is 0 Å². The van der Waals surface area contributed by atoms with Crippen LogP contribution in [0, 0.1) is 0 Å². The number of nitrogens with zero attached hydrogens (tertiary/aromatic N) is 3. The van der Waals surface area contributed by atoms with Gasteiger partial charge in [-0.15, -0.1) is 0 Å². The van der Waals surface area contributed by atoms with Gasteiger partial charge in [-0.05, 0) is 31.7 Å². The zero-order chi connectivity index (χ0) is 14.8. The monoisotopic (exact) mass is 286 g/mol. The Bertz CT molecular complexity index is 686. The van der Waals surface area contributed by atoms with E-state index in [0.717, 1.165) is 32.4 Å². The van der Waals surface area contributed by atoms with Crippen LogP contribution in [-0.4, -0.2) is 20.4 Å². The van der Waals surface area contributed by atoms with E-state index in [1.807, 2.05) is 41.7 Å². The second kappa shape index (κ2) is 5.85. The molecule has 5 nitrogen and oxygen atoms in total. The number of nitrogens with one attached hydrogen (secondary N) is 1. The largest absolute Gasteiger partial charge is 0.313 e. The molecule has 0 saturated heterocycles. The summed E-state index contributed by atoms with van der Waals surface area (Å²) in [5.41, 5.74) is 3.87. The molecule has 0 saturated carbocycles. The summed E-state index contributed by atoms with van der Waals surface area (Å²) in [6, 6.07) is 4.17. The normalized spacial score (nSPS) is 17.7. The maximum Gasteiger partial charge on any atom is 0.250 e. The van der Waals surface area contributed by atoms with E-state index in [4.69, 9.17) is 0 Å². The molecule has 1 aliphatic carbocycles. The van der Waals surface area contributed by atoms with Crippen molar-refractivity contribution in [2.45, 2.75) is 45.3 Å². The molecule has 0 bridgehead atoms. The quantitative estimate of drug-likeness (QED) is 0.920. The summed E-state index contributed by atoms with van der Waals surface area (Å²) in [6.45, 7) is 3.64. The highest BCUT2D eigenvalue weighted by atomic mass is 16.1. The topological polar surface area (TPSA) is 51.9 Å². The van der Waals surface area contributed by atoms with Crippen LogP contribution >= 0.6 is 0 Å². The standard InChI is InChI=1S/C16H22N4O/c1-3-20-15-6-5-14(8-13(15)4-7-16(20)21)17-9-12-10-18-19(2)11-12/h4,7,10-11,14,17H,3,5-6,8-9H2,1-2H3/t14-/m1/s1. The number of fused-ring (bicyclic) bond motifs is 1. The van der Waals surface area contributed by atoms with E-state index < -0.39 is 0 Å². The van der Waals surface area contributed by atoms with Crippen LogP contribution in [-0.2, 0) is 33.0 Å². The van der Waals surface area contributed by atoms with Crippen LogP contribution in [0.25, 0.3) is 0 Å². The van der Waals surface area contributed by atoms with E-state index in [1.165, 1.54) is 16.8 Å². The molecule has 0 unspecified atom stereocenters. The Balaban J connectivity index is 1.69. The van der Waals surface area contributed by atoms with E-state index in [0.29, 0.717) is 6.04 Å². The Hall–Kier alpha value is -1.88. The van der Waals surface area contributed by atoms with Crippen molar-refractivity contribution >= 4 is 0 Å². The van der Waals surface area contributed by atoms with Crippen molar-refractivity contribution in [3.63, 3.8) is 0 Å². The molecule has 1 atom stereocenters. The average Bonchev–Trinajstić information content (AvgIpc) is 2.90. The van der Waals surface area contributed by atoms with Gasteiger partial charge >= 0.3 is 0 Å². The second-order valence-corrected chi connectivity index (χ2v) is 5.73. The van der Waals surface area contributed by atoms with Gasteiger partial charge in [0, 0.05) is 49.7 Å². The van der Waals surface area contributed by atoms with Gasteiger partial charge in [-0.2, -0.15) is 5.10 Å². The third kappa shape index (κ3) is 2.93. The molecular weight excluding hydrogens is 264 g/mol. The summed E-state index contributed by atoms with van der Waals surface area (Å²) in [7, 11) is 1.93. The average molecular weight is 286 g/mol. The molecule has 0 aromatic carbocycles. The first-order valence-electron chi connectivity index (χ1n) is 7.60. The Labute approximate surface area is 124 Å². The number of aromatic nitrogens is 3. The maximum atomic E-state index is 11.9. The van der Waals surface area contributed by atoms with Crippen molar-refractivity contribution in [3.05, 3.63) is 51.7 Å². The Morgan fingerprint density at radius 2 is 2.29 bits per heavy atom. The van der Waals surface area contributed by atoms with Gasteiger partial charge < -0.3 is 9.88 Å². The SMILES string of the molecule is CCn1c2c(ccc1=O)C[C@H](NCc1cnn(C)c1)CC2. The lowest BCUT2D eigenvalue weighted by molar-refractivity contribution is 0.441. The lowest BCUT2D eigenvalue weighted by Gasteiger charge is -2.27. The van der Waals surface area contributed by atoms with Crippen molar-refractivity contribution in [2.24, 2.45) is 7.05 Å². The fraction of sp³-hybridized carbons (Fsp3) is 0.500. The fourth-order valence-corrected chi connectivity index (χ4v) is 3.17. The highest BCUT2D eigenvalue weighted by Crippen LogP contribution is 2.20. The second-order valence-electron chi connectivity index (χ2n) is 5.73. The minimum absolute atomic E-state index is 0.123. The van der Waals surface area contributed by atoms with E-state index >= 15 is 0 Å². The van der Waals surface area contributed by atoms with Crippen molar-refractivity contribution in [3.8, 4) is 0 Å². The maximum absolute atomic E-state index is 11.9. The third-order valence-corrected chi connectivity index (χ3v) is 4.25. The Morgan fingerprint density at radius 3 is 3.00 bits per heavy atom. The number of rotatable bonds is 4. The molecule has 0 amide bonds. The van der Waals surface area contributed by atoms with Gasteiger partial charge in [-0.1, -0.05) is 6.07 Å². The lowest BCUT2D eigenvalue weighted by Crippen LogP contribution is -2.36. The molecule has 0 aliphatic heterocycles. The number of pyridine rings is 1. The molecule has 2 aromatic heterocycles. The van der Waals surface area contributed by atoms with Gasteiger partial charge in [0.15, 0.2) is 0 Å². The Kier molecular flexibility index (Phi) is 3.92. The molecule has 3 rings (SSSR count). The van der Waals surface area contributed by atoms with Crippen LogP contribution in [0.4, 0.5) is 0 Å². The van der Waals surface area contributed by atoms with Gasteiger partial charge in [0.2, 0.25) is 0 Å². The van der Waals surface area contributed by atoms with Gasteiger partial charge in [0.25, 0.3) is 5.56 Å². The molecule has 21 heavy (non-hydrogen) atoms. The van der Waals surface area contributed by atoms with Crippen molar-refractivity contribution in [2.75, 3.05) is 0 Å². The van der Waals surface area contributed by atoms with E-state index in [9.17, 15) is 4.79 Å². The summed E-state index contributed by atoms with van der Waals surface area (Å²) in [6.07, 6.45) is 6.99. The van der Waals surface area contributed by atoms with Crippen LogP contribution < -0.4 is 10.9 Å². The van der Waals surface area contributed by atoms with Gasteiger partial charge in [-0.25, -0.2) is 0 Å². The molecule has 112 valence electrons. The Morgan fingerprint density at radius 1 is 1.43 bits per heavy atom. The van der Waals surface area contributed by atoms with Crippen LogP contribution in [0.2, 0.25) is 0 Å². The summed E-state index contributed by atoms with van der Waals surface area (Å²) in [5.74, 6) is 0. The minimum Gasteiger partial charge on any atom is -0.313 e. The number of aryl methyl sites for hydroxylation is 1. The predicted octanol–water partition coefficient (Wildman–Crippen LogP) is 1.25. The smallest absolute Gasteiger partial charge is 0.250 e. The number of hydrogen-bond acceptors (Lipinski definition) is 3. The van der Waals surface area contributed by atoms with E-state index in [-0.39, 0.29) is 5.56 Å². The van der Waals surface area contributed by atoms with Crippen molar-refractivity contribution < 1.29 is 0 Å². The molecular formula is C16H22N4O. The van der Waals surface area contributed by atoms with Crippen LogP contribution in [0.3, 0.4) is 0 Å². The lowest BCUT2D eigenvalue weighted by atomic mass is 9.91. The van der Waals surface area contributed by atoms with Crippen LogP contribution in [0.1, 0.15) is 30.2 Å². The van der Waals surface area contributed by atoms with Gasteiger partial charge in [0.1, 0.15) is 0 Å². The summed E-state index contributed by atoms with van der Waals surface area (Å²) in [5, 5.41) is 7.79. The molecule has 0 radical (unpaired) electrons. The fourth-order valence-electron chi connectivity index (χ4n) is 3.17. The summed E-state index contributed by atoms with van der Waals surface area (Å²) >= 11 is 0. The molecule has 2 heterocycles. The molecule has 0 spiro atoms. The zero-order valence-electron chi connectivity index (χ0n) is 12.7. The van der Waals surface area contributed by atoms with Crippen LogP contribution in [0.5, 0.6) is 0 Å². The molecule has 1 aliphatic rings. The third-order valence-electron chi connectivity index (χ3n) is 4.25. The molecule has 5 heteroatoms. The number of hydrogen-bond donors (Lipinski definition) is 1. The molecule has 0 fully saturated rings. The summed E-state index contributed by atoms with van der Waals surface area (Å²) < 4.78 is 3.74. The highest BCUT2D eigenvalue weighted by molar-refractivity contribution is 5.25. The van der Waals surface area contributed by atoms with Gasteiger partial charge in [-0.3, -0.25) is 9.48 Å². The van der Waals surface area contributed by atoms with E-state index in [1.54, 1.807) is 6.07 Å². The first kappa shape index (κ1) is 14.1. The first-order chi connectivity index (χ1) is 10.2. The van der Waals surface area contributed by atoms with Gasteiger partial charge in [0.05, 0.1) is 6.20 Å². The zero-order valence-corrected chi connectivity index (χ0v) is 12.7. The van der Waals surface area contributed by atoms with Crippen LogP contribution in [0.15, 0.2) is 29.3 Å². The summed E-state index contributed by atoms with van der Waals surface area (Å²) in [4.78, 5) is 11.9. The van der Waals surface area contributed by atoms with Crippen molar-refractivity contribution in [1.82, 2.24) is 19.7 Å². The molecule has 2 aromatic rings. The highest BCUT2D eigenvalue weighted by Gasteiger charge is 2.20. The molecule has 1 N–H and O–H groups in total. The first-order valence-corrected chi connectivity index (χ1v) is 7.60.